The van der Waals surface area contributed by atoms with Crippen molar-refractivity contribution >= 4 is 53.2 Å². The zero-order valence-electron chi connectivity index (χ0n) is 9.91. The minimum absolute atomic E-state index is 0. The summed E-state index contributed by atoms with van der Waals surface area (Å²) in [6.45, 7) is 1.10. The summed E-state index contributed by atoms with van der Waals surface area (Å²) in [5, 5.41) is 0. The third-order valence-electron chi connectivity index (χ3n) is 1.50. The van der Waals surface area contributed by atoms with Gasteiger partial charge >= 0.3 is 61.0 Å². The summed E-state index contributed by atoms with van der Waals surface area (Å²) in [6, 6.07) is 10.6. The molecular formula is C10H17Br4MoNO. The molecule has 0 aliphatic rings. The molecule has 0 aliphatic carbocycles. The van der Waals surface area contributed by atoms with Gasteiger partial charge in [-0.15, -0.1) is 0 Å². The minimum atomic E-state index is -1.77. The maximum absolute atomic E-state index is 3.32. The Morgan fingerprint density at radius 2 is 1.29 bits per heavy atom. The molecule has 0 bridgehead atoms. The Morgan fingerprint density at radius 1 is 0.941 bits per heavy atom. The summed E-state index contributed by atoms with van der Waals surface area (Å²) in [7, 11) is 4.83. The van der Waals surface area contributed by atoms with Gasteiger partial charge in [-0.05, 0) is 0 Å². The van der Waals surface area contributed by atoms with Crippen molar-refractivity contribution in [1.29, 1.82) is 0 Å². The molecule has 0 unspecified atom stereocenters. The predicted molar refractivity (Wildman–Crippen MR) is 85.8 cm³/mol. The largest absolute Gasteiger partial charge is 0.870 e. The van der Waals surface area contributed by atoms with E-state index >= 15 is 0 Å². The number of hydrogen-bond donors (Lipinski definition) is 0. The molecule has 0 aromatic heterocycles. The molecule has 0 aliphatic heterocycles. The molecule has 1 aromatic rings. The Hall–Kier alpha value is 1.75. The second kappa shape index (κ2) is 9.62. The first-order valence-electron chi connectivity index (χ1n) is 4.54. The van der Waals surface area contributed by atoms with Gasteiger partial charge in [0.1, 0.15) is 6.54 Å². The molecule has 1 aromatic carbocycles. The third kappa shape index (κ3) is 20.2. The molecule has 0 radical (unpaired) electrons. The number of benzene rings is 1. The molecule has 0 heterocycles. The fraction of sp³-hybridized carbons (Fsp3) is 0.400. The number of halogens is 4. The maximum atomic E-state index is 3.32. The summed E-state index contributed by atoms with van der Waals surface area (Å²) < 4.78 is 0.990. The molecule has 7 heteroatoms. The SMILES string of the molecule is C[N+](C)(C)Cc1ccccc1.[Br][Mo]([Br])([Br])[Br].[OH-]. The van der Waals surface area contributed by atoms with Crippen molar-refractivity contribution < 1.29 is 17.8 Å². The van der Waals surface area contributed by atoms with Crippen molar-refractivity contribution in [2.24, 2.45) is 0 Å². The van der Waals surface area contributed by atoms with Gasteiger partial charge in [-0.1, -0.05) is 30.3 Å². The van der Waals surface area contributed by atoms with Crippen LogP contribution in [0.2, 0.25) is 0 Å². The van der Waals surface area contributed by atoms with Crippen molar-refractivity contribution in [1.82, 2.24) is 0 Å². The van der Waals surface area contributed by atoms with Crippen LogP contribution in [-0.4, -0.2) is 31.1 Å². The molecule has 0 saturated carbocycles. The van der Waals surface area contributed by atoms with Crippen molar-refractivity contribution in [3.63, 3.8) is 0 Å². The van der Waals surface area contributed by atoms with Crippen molar-refractivity contribution in [2.45, 2.75) is 6.54 Å². The van der Waals surface area contributed by atoms with Crippen LogP contribution in [0.4, 0.5) is 0 Å². The Balaban J connectivity index is 0. The van der Waals surface area contributed by atoms with Crippen LogP contribution in [0.1, 0.15) is 5.56 Å². The fourth-order valence-corrected chi connectivity index (χ4v) is 1.13. The van der Waals surface area contributed by atoms with Crippen LogP contribution in [0.15, 0.2) is 30.3 Å². The topological polar surface area (TPSA) is 30.0 Å². The predicted octanol–water partition coefficient (Wildman–Crippen LogP) is 5.10. The zero-order valence-corrected chi connectivity index (χ0v) is 18.3. The summed E-state index contributed by atoms with van der Waals surface area (Å²) in [4.78, 5) is 0. The van der Waals surface area contributed by atoms with Gasteiger partial charge in [-0.25, -0.2) is 0 Å². The Morgan fingerprint density at radius 3 is 1.59 bits per heavy atom. The second-order valence-corrected chi connectivity index (χ2v) is 59.8. The van der Waals surface area contributed by atoms with E-state index in [1.807, 2.05) is 0 Å². The van der Waals surface area contributed by atoms with E-state index in [0.29, 0.717) is 0 Å². The van der Waals surface area contributed by atoms with E-state index in [-0.39, 0.29) is 5.48 Å². The standard InChI is InChI=1S/C10H16N.4BrH.Mo.H2O/c1-11(2,3)9-10-7-5-4-6-8-10;;;;;;/h4-8H,9H2,1-3H3;4*1H;;1H2/q+1;;;;;+4;/p-5. The van der Waals surface area contributed by atoms with Crippen LogP contribution in [0.3, 0.4) is 0 Å². The maximum Gasteiger partial charge on any atom is -0.870 e. The number of hydrogen-bond acceptors (Lipinski definition) is 1. The normalized spacial score (nSPS) is 11.9. The Kier molecular flexibility index (Phi) is 11.9. The van der Waals surface area contributed by atoms with Gasteiger partial charge in [0.05, 0.1) is 21.1 Å². The molecule has 1 rings (SSSR count). The quantitative estimate of drug-likeness (QED) is 0.353. The monoisotopic (exact) mass is 581 g/mol. The van der Waals surface area contributed by atoms with Crippen LogP contribution in [0.25, 0.3) is 0 Å². The van der Waals surface area contributed by atoms with Gasteiger partial charge < -0.3 is 9.96 Å². The summed E-state index contributed by atoms with van der Waals surface area (Å²) in [5.41, 5.74) is 1.40. The van der Waals surface area contributed by atoms with Gasteiger partial charge in [-0.2, -0.15) is 0 Å². The van der Waals surface area contributed by atoms with Crippen LogP contribution < -0.4 is 0 Å². The van der Waals surface area contributed by atoms with Gasteiger partial charge in [0.25, 0.3) is 0 Å². The summed E-state index contributed by atoms with van der Waals surface area (Å²) in [6.07, 6.45) is 0. The van der Waals surface area contributed by atoms with Gasteiger partial charge in [0, 0.05) is 5.56 Å². The Bertz CT molecular complexity index is 291. The summed E-state index contributed by atoms with van der Waals surface area (Å²) in [5.74, 6) is 0. The molecule has 0 saturated heterocycles. The van der Waals surface area contributed by atoms with E-state index < -0.39 is 7.84 Å². The first-order valence-corrected chi connectivity index (χ1v) is 22.9. The van der Waals surface area contributed by atoms with Gasteiger partial charge in [0.15, 0.2) is 0 Å². The van der Waals surface area contributed by atoms with Crippen LogP contribution in [-0.2, 0) is 14.4 Å². The number of nitrogens with zero attached hydrogens (tertiary/aromatic N) is 1. The third-order valence-corrected chi connectivity index (χ3v) is 1.50. The first-order chi connectivity index (χ1) is 7.08. The average Bonchev–Trinajstić information content (AvgIpc) is 1.99. The van der Waals surface area contributed by atoms with Crippen LogP contribution in [0.5, 0.6) is 0 Å². The van der Waals surface area contributed by atoms with E-state index in [1.54, 1.807) is 0 Å². The molecule has 17 heavy (non-hydrogen) atoms. The van der Waals surface area contributed by atoms with Gasteiger partial charge in [0.2, 0.25) is 0 Å². The summed E-state index contributed by atoms with van der Waals surface area (Å²) >= 11 is 13.3. The smallest absolute Gasteiger partial charge is 0.870 e. The molecule has 2 nitrogen and oxygen atoms in total. The fourth-order valence-electron chi connectivity index (χ4n) is 1.13. The second-order valence-electron chi connectivity index (χ2n) is 4.28. The zero-order chi connectivity index (χ0) is 12.8. The van der Waals surface area contributed by atoms with E-state index in [9.17, 15) is 0 Å². The number of rotatable bonds is 2. The van der Waals surface area contributed by atoms with Crippen molar-refractivity contribution in [3.8, 4) is 0 Å². The molecule has 0 atom stereocenters. The van der Waals surface area contributed by atoms with Crippen LogP contribution >= 0.6 is 53.2 Å². The Labute approximate surface area is 133 Å². The number of quaternary nitrogens is 1. The molecule has 0 spiro atoms. The molecular weight excluding hydrogens is 566 g/mol. The molecule has 1 N–H and O–H groups in total. The average molecular weight is 583 g/mol. The molecule has 0 amide bonds. The van der Waals surface area contributed by atoms with E-state index in [2.05, 4.69) is 105 Å². The van der Waals surface area contributed by atoms with E-state index in [0.717, 1.165) is 11.0 Å². The van der Waals surface area contributed by atoms with E-state index in [4.69, 9.17) is 0 Å². The minimum Gasteiger partial charge on any atom is -0.870 e. The van der Waals surface area contributed by atoms with E-state index in [1.165, 1.54) is 5.56 Å². The first kappa shape index (κ1) is 21.1. The molecule has 102 valence electrons. The molecule has 0 fully saturated rings. The van der Waals surface area contributed by atoms with Crippen molar-refractivity contribution in [3.05, 3.63) is 35.9 Å². The van der Waals surface area contributed by atoms with Gasteiger partial charge in [-0.3, -0.25) is 0 Å². The van der Waals surface area contributed by atoms with Crippen LogP contribution in [0, 0.1) is 0 Å². The van der Waals surface area contributed by atoms with Crippen molar-refractivity contribution in [2.75, 3.05) is 21.1 Å².